The highest BCUT2D eigenvalue weighted by molar-refractivity contribution is 6.02. The third kappa shape index (κ3) is 1.91. The summed E-state index contributed by atoms with van der Waals surface area (Å²) in [5, 5.41) is 8.56. The molecule has 0 spiro atoms. The molecule has 3 rings (SSSR count). The summed E-state index contributed by atoms with van der Waals surface area (Å²) in [5.41, 5.74) is 6.27. The number of amides is 1. The minimum Gasteiger partial charge on any atom is -0.403 e. The number of carbonyl (C=O) groups excluding carboxylic acids is 1. The van der Waals surface area contributed by atoms with Crippen molar-refractivity contribution in [2.75, 3.05) is 7.05 Å². The van der Waals surface area contributed by atoms with Gasteiger partial charge in [-0.2, -0.15) is 0 Å². The van der Waals surface area contributed by atoms with Crippen LogP contribution in [0.15, 0.2) is 11.9 Å². The molecular weight excluding hydrogens is 252 g/mol. The largest absolute Gasteiger partial charge is 0.403 e. The van der Waals surface area contributed by atoms with E-state index in [4.69, 9.17) is 11.1 Å². The third-order valence-corrected chi connectivity index (χ3v) is 5.22. The van der Waals surface area contributed by atoms with Gasteiger partial charge in [0.1, 0.15) is 11.5 Å². The molecule has 1 aliphatic heterocycles. The van der Waals surface area contributed by atoms with Gasteiger partial charge in [0.2, 0.25) is 5.91 Å². The van der Waals surface area contributed by atoms with Gasteiger partial charge in [-0.1, -0.05) is 19.3 Å². The fourth-order valence-corrected chi connectivity index (χ4v) is 4.21. The molecule has 3 N–H and O–H groups in total. The van der Waals surface area contributed by atoms with Crippen LogP contribution in [0.1, 0.15) is 44.9 Å². The minimum absolute atomic E-state index is 0.0402. The summed E-state index contributed by atoms with van der Waals surface area (Å²) >= 11 is 0. The van der Waals surface area contributed by atoms with Crippen molar-refractivity contribution in [1.82, 2.24) is 9.80 Å². The molecule has 5 heteroatoms. The maximum absolute atomic E-state index is 12.6. The predicted octanol–water partition coefficient (Wildman–Crippen LogP) is 1.65. The summed E-state index contributed by atoms with van der Waals surface area (Å²) in [6, 6.07) is 0.625. The highest BCUT2D eigenvalue weighted by Gasteiger charge is 2.46. The number of hydrogen-bond donors (Lipinski definition) is 2. The summed E-state index contributed by atoms with van der Waals surface area (Å²) in [7, 11) is 1.75. The van der Waals surface area contributed by atoms with E-state index in [0.29, 0.717) is 17.6 Å². The lowest BCUT2D eigenvalue weighted by Crippen LogP contribution is -2.47. The van der Waals surface area contributed by atoms with Gasteiger partial charge in [0, 0.05) is 25.3 Å². The van der Waals surface area contributed by atoms with Crippen molar-refractivity contribution in [1.29, 1.82) is 5.41 Å². The van der Waals surface area contributed by atoms with Gasteiger partial charge < -0.3 is 15.5 Å². The van der Waals surface area contributed by atoms with Gasteiger partial charge in [0.15, 0.2) is 0 Å². The van der Waals surface area contributed by atoms with Crippen LogP contribution in [0.2, 0.25) is 0 Å². The molecule has 0 unspecified atom stereocenters. The van der Waals surface area contributed by atoms with Crippen LogP contribution >= 0.6 is 0 Å². The smallest absolute Gasteiger partial charge is 0.232 e. The zero-order valence-electron chi connectivity index (χ0n) is 12.1. The lowest BCUT2D eigenvalue weighted by atomic mass is 9.99. The summed E-state index contributed by atoms with van der Waals surface area (Å²) < 4.78 is 0. The first-order valence-corrected chi connectivity index (χ1v) is 7.72. The van der Waals surface area contributed by atoms with Crippen LogP contribution in [0.3, 0.4) is 0 Å². The number of nitrogens with zero attached hydrogens (tertiary/aromatic N) is 2. The molecule has 1 saturated heterocycles. The molecule has 3 aliphatic rings. The van der Waals surface area contributed by atoms with Crippen molar-refractivity contribution in [3.63, 3.8) is 0 Å². The van der Waals surface area contributed by atoms with Gasteiger partial charge in [-0.25, -0.2) is 0 Å². The van der Waals surface area contributed by atoms with E-state index in [1.54, 1.807) is 11.9 Å². The van der Waals surface area contributed by atoms with Gasteiger partial charge in [-0.3, -0.25) is 10.2 Å². The van der Waals surface area contributed by atoms with Crippen LogP contribution in [0.25, 0.3) is 0 Å². The number of rotatable bonds is 1. The standard InChI is InChI=1S/C15H24N4O/c1-18-13(9-16)14(17)19(10-5-2-3-6-10)12-8-4-7-11(12)15(18)20/h9-12,17H,2-8,16H2,1H3/b13-9+,17-14?/t11-,12+/m0/s1. The molecule has 2 atom stereocenters. The van der Waals surface area contributed by atoms with E-state index in [2.05, 4.69) is 4.90 Å². The highest BCUT2D eigenvalue weighted by atomic mass is 16.2. The van der Waals surface area contributed by atoms with Crippen molar-refractivity contribution in [3.8, 4) is 0 Å². The van der Waals surface area contributed by atoms with Crippen molar-refractivity contribution < 1.29 is 4.79 Å². The van der Waals surface area contributed by atoms with E-state index >= 15 is 0 Å². The number of amidine groups is 1. The number of likely N-dealkylation sites (N-methyl/N-ethyl adjacent to an activating group) is 1. The Balaban J connectivity index is 2.01. The van der Waals surface area contributed by atoms with E-state index in [1.165, 1.54) is 19.0 Å². The zero-order chi connectivity index (χ0) is 14.3. The normalized spacial score (nSPS) is 34.0. The van der Waals surface area contributed by atoms with Crippen molar-refractivity contribution in [2.24, 2.45) is 11.7 Å². The average molecular weight is 276 g/mol. The fourth-order valence-electron chi connectivity index (χ4n) is 4.21. The van der Waals surface area contributed by atoms with E-state index in [0.717, 1.165) is 32.1 Å². The molecule has 0 aromatic carbocycles. The molecule has 2 saturated carbocycles. The Morgan fingerprint density at radius 2 is 1.90 bits per heavy atom. The molecule has 5 nitrogen and oxygen atoms in total. The first kappa shape index (κ1) is 13.5. The van der Waals surface area contributed by atoms with Crippen molar-refractivity contribution >= 4 is 11.7 Å². The SMILES string of the molecule is CN1C(=O)[C@H]2CCC[C@H]2N(C2CCCC2)C(=N)/C1=C\N. The van der Waals surface area contributed by atoms with Crippen molar-refractivity contribution in [3.05, 3.63) is 11.9 Å². The number of nitrogens with one attached hydrogen (secondary N) is 1. The summed E-state index contributed by atoms with van der Waals surface area (Å²) in [6.07, 6.45) is 9.23. The Hall–Kier alpha value is -1.52. The molecule has 1 amide bonds. The second-order valence-electron chi connectivity index (χ2n) is 6.25. The summed E-state index contributed by atoms with van der Waals surface area (Å²) in [5.74, 6) is 0.623. The van der Waals surface area contributed by atoms with Crippen molar-refractivity contribution in [2.45, 2.75) is 57.0 Å². The van der Waals surface area contributed by atoms with E-state index in [-0.39, 0.29) is 17.9 Å². The van der Waals surface area contributed by atoms with Gasteiger partial charge in [-0.15, -0.1) is 0 Å². The average Bonchev–Trinajstić information content (AvgIpc) is 3.09. The van der Waals surface area contributed by atoms with Gasteiger partial charge in [-0.05, 0) is 25.7 Å². The number of nitrogens with two attached hydrogens (primary N) is 1. The highest BCUT2D eigenvalue weighted by Crippen LogP contribution is 2.39. The van der Waals surface area contributed by atoms with E-state index in [9.17, 15) is 4.79 Å². The van der Waals surface area contributed by atoms with E-state index in [1.807, 2.05) is 0 Å². The molecule has 1 heterocycles. The molecular formula is C15H24N4O. The molecule has 0 aromatic rings. The van der Waals surface area contributed by atoms with Crippen LogP contribution in [0, 0.1) is 11.3 Å². The van der Waals surface area contributed by atoms with Crippen LogP contribution < -0.4 is 5.73 Å². The number of fused-ring (bicyclic) bond motifs is 1. The van der Waals surface area contributed by atoms with Crippen LogP contribution in [0.5, 0.6) is 0 Å². The van der Waals surface area contributed by atoms with E-state index < -0.39 is 0 Å². The molecule has 110 valence electrons. The first-order valence-electron chi connectivity index (χ1n) is 7.72. The summed E-state index contributed by atoms with van der Waals surface area (Å²) in [4.78, 5) is 16.4. The van der Waals surface area contributed by atoms with Crippen LogP contribution in [0.4, 0.5) is 0 Å². The number of carbonyl (C=O) groups is 1. The Kier molecular flexibility index (Phi) is 3.44. The first-order chi connectivity index (χ1) is 9.65. The van der Waals surface area contributed by atoms with Gasteiger partial charge >= 0.3 is 0 Å². The lowest BCUT2D eigenvalue weighted by Gasteiger charge is -2.37. The lowest BCUT2D eigenvalue weighted by molar-refractivity contribution is -0.132. The predicted molar refractivity (Wildman–Crippen MR) is 78.0 cm³/mol. The molecule has 0 aromatic heterocycles. The second-order valence-corrected chi connectivity index (χ2v) is 6.25. The Morgan fingerprint density at radius 3 is 2.55 bits per heavy atom. The molecule has 0 radical (unpaired) electrons. The molecule has 0 bridgehead atoms. The minimum atomic E-state index is 0.0402. The Morgan fingerprint density at radius 1 is 1.20 bits per heavy atom. The topological polar surface area (TPSA) is 73.4 Å². The fraction of sp³-hybridized carbons (Fsp3) is 0.733. The zero-order valence-corrected chi connectivity index (χ0v) is 12.1. The van der Waals surface area contributed by atoms with Crippen LogP contribution in [-0.2, 0) is 4.79 Å². The Bertz CT molecular complexity index is 453. The van der Waals surface area contributed by atoms with Gasteiger partial charge in [0.05, 0.1) is 5.92 Å². The number of hydrogen-bond acceptors (Lipinski definition) is 3. The quantitative estimate of drug-likeness (QED) is 0.765. The maximum Gasteiger partial charge on any atom is 0.232 e. The second kappa shape index (κ2) is 5.11. The Labute approximate surface area is 120 Å². The monoisotopic (exact) mass is 276 g/mol. The maximum atomic E-state index is 12.6. The molecule has 20 heavy (non-hydrogen) atoms. The molecule has 2 aliphatic carbocycles. The van der Waals surface area contributed by atoms with Crippen LogP contribution in [-0.4, -0.2) is 40.7 Å². The van der Waals surface area contributed by atoms with Gasteiger partial charge in [0.25, 0.3) is 0 Å². The molecule has 3 fully saturated rings. The summed E-state index contributed by atoms with van der Waals surface area (Å²) in [6.45, 7) is 0. The third-order valence-electron chi connectivity index (χ3n) is 5.22.